The average Bonchev–Trinajstić information content (AvgIpc) is 3.15. The summed E-state index contributed by atoms with van der Waals surface area (Å²) in [6, 6.07) is 14.6. The van der Waals surface area contributed by atoms with Crippen molar-refractivity contribution >= 4 is 29.3 Å². The Hall–Kier alpha value is -3.06. The fourth-order valence-electron chi connectivity index (χ4n) is 2.55. The summed E-state index contributed by atoms with van der Waals surface area (Å²) in [5.74, 6) is -0.335. The van der Waals surface area contributed by atoms with Gasteiger partial charge in [0.05, 0.1) is 24.1 Å². The largest absolute Gasteiger partial charge is 0.465 e. The molecule has 0 bridgehead atoms. The maximum Gasteiger partial charge on any atom is 0.337 e. The van der Waals surface area contributed by atoms with Crippen LogP contribution in [0.25, 0.3) is 5.69 Å². The van der Waals surface area contributed by atoms with Crippen molar-refractivity contribution in [3.05, 3.63) is 72.1 Å². The number of nitrogens with one attached hydrogen (secondary N) is 1. The SMILES string of the molecule is COC(=O)c1ccc(NC(=O)CSc2nccn2-c2ccccc2C)cc1. The van der Waals surface area contributed by atoms with E-state index >= 15 is 0 Å². The second-order valence-corrected chi connectivity index (χ2v) is 6.71. The number of hydrogen-bond donors (Lipinski definition) is 1. The predicted molar refractivity (Wildman–Crippen MR) is 105 cm³/mol. The number of carbonyl (C=O) groups excluding carboxylic acids is 2. The van der Waals surface area contributed by atoms with E-state index < -0.39 is 5.97 Å². The van der Waals surface area contributed by atoms with E-state index in [0.29, 0.717) is 11.3 Å². The van der Waals surface area contributed by atoms with Gasteiger partial charge >= 0.3 is 5.97 Å². The summed E-state index contributed by atoms with van der Waals surface area (Å²) in [4.78, 5) is 28.0. The van der Waals surface area contributed by atoms with E-state index in [4.69, 9.17) is 0 Å². The van der Waals surface area contributed by atoms with Crippen LogP contribution >= 0.6 is 11.8 Å². The summed E-state index contributed by atoms with van der Waals surface area (Å²) >= 11 is 1.36. The maximum atomic E-state index is 12.2. The number of carbonyl (C=O) groups is 2. The van der Waals surface area contributed by atoms with Crippen molar-refractivity contribution in [1.82, 2.24) is 9.55 Å². The van der Waals surface area contributed by atoms with Crippen LogP contribution < -0.4 is 5.32 Å². The lowest BCUT2D eigenvalue weighted by Crippen LogP contribution is -2.14. The molecule has 2 aromatic carbocycles. The molecule has 3 aromatic rings. The highest BCUT2D eigenvalue weighted by atomic mass is 32.2. The Morgan fingerprint density at radius 2 is 1.89 bits per heavy atom. The topological polar surface area (TPSA) is 73.2 Å². The number of aryl methyl sites for hydroxylation is 1. The molecule has 0 aliphatic rings. The minimum atomic E-state index is -0.411. The van der Waals surface area contributed by atoms with Crippen LogP contribution in [-0.4, -0.2) is 34.3 Å². The van der Waals surface area contributed by atoms with Crippen LogP contribution in [0.3, 0.4) is 0 Å². The highest BCUT2D eigenvalue weighted by Crippen LogP contribution is 2.22. The van der Waals surface area contributed by atoms with Gasteiger partial charge in [-0.05, 0) is 42.8 Å². The Balaban J connectivity index is 1.61. The minimum Gasteiger partial charge on any atom is -0.465 e. The molecule has 1 N–H and O–H groups in total. The second kappa shape index (κ2) is 8.55. The summed E-state index contributed by atoms with van der Waals surface area (Å²) in [6.07, 6.45) is 3.60. The number of methoxy groups -OCH3 is 1. The Morgan fingerprint density at radius 3 is 2.59 bits per heavy atom. The van der Waals surface area contributed by atoms with Gasteiger partial charge in [-0.1, -0.05) is 30.0 Å². The van der Waals surface area contributed by atoms with E-state index in [0.717, 1.165) is 16.4 Å². The first-order chi connectivity index (χ1) is 13.1. The molecule has 3 rings (SSSR count). The van der Waals surface area contributed by atoms with Crippen LogP contribution in [0.5, 0.6) is 0 Å². The first kappa shape index (κ1) is 18.7. The highest BCUT2D eigenvalue weighted by molar-refractivity contribution is 7.99. The quantitative estimate of drug-likeness (QED) is 0.521. The number of anilines is 1. The lowest BCUT2D eigenvalue weighted by molar-refractivity contribution is -0.113. The Labute approximate surface area is 161 Å². The van der Waals surface area contributed by atoms with Gasteiger partial charge in [0.1, 0.15) is 0 Å². The molecule has 0 radical (unpaired) electrons. The second-order valence-electron chi connectivity index (χ2n) is 5.77. The van der Waals surface area contributed by atoms with Crippen molar-refractivity contribution in [1.29, 1.82) is 0 Å². The zero-order valence-corrected chi connectivity index (χ0v) is 15.8. The fourth-order valence-corrected chi connectivity index (χ4v) is 3.31. The molecule has 138 valence electrons. The van der Waals surface area contributed by atoms with Crippen LogP contribution in [0.2, 0.25) is 0 Å². The molecule has 1 amide bonds. The van der Waals surface area contributed by atoms with Crippen LogP contribution in [-0.2, 0) is 9.53 Å². The van der Waals surface area contributed by atoms with Crippen molar-refractivity contribution in [2.75, 3.05) is 18.2 Å². The number of aromatic nitrogens is 2. The Morgan fingerprint density at radius 1 is 1.15 bits per heavy atom. The lowest BCUT2D eigenvalue weighted by atomic mass is 10.2. The van der Waals surface area contributed by atoms with Crippen molar-refractivity contribution in [2.45, 2.75) is 12.1 Å². The third-order valence-electron chi connectivity index (χ3n) is 3.90. The van der Waals surface area contributed by atoms with Gasteiger partial charge in [0.2, 0.25) is 5.91 Å². The Bertz CT molecular complexity index is 951. The van der Waals surface area contributed by atoms with Crippen molar-refractivity contribution in [3.8, 4) is 5.69 Å². The molecule has 0 unspecified atom stereocenters. The normalized spacial score (nSPS) is 10.4. The number of imidazole rings is 1. The van der Waals surface area contributed by atoms with Gasteiger partial charge in [-0.25, -0.2) is 9.78 Å². The smallest absolute Gasteiger partial charge is 0.337 e. The van der Waals surface area contributed by atoms with E-state index in [1.807, 2.05) is 42.0 Å². The monoisotopic (exact) mass is 381 g/mol. The van der Waals surface area contributed by atoms with Gasteiger partial charge in [-0.15, -0.1) is 0 Å². The zero-order chi connectivity index (χ0) is 19.2. The summed E-state index contributed by atoms with van der Waals surface area (Å²) < 4.78 is 6.62. The third-order valence-corrected chi connectivity index (χ3v) is 4.87. The van der Waals surface area contributed by atoms with Gasteiger partial charge < -0.3 is 10.1 Å². The van der Waals surface area contributed by atoms with Crippen molar-refractivity contribution < 1.29 is 14.3 Å². The third kappa shape index (κ3) is 4.57. The average molecular weight is 381 g/mol. The number of ether oxygens (including phenoxy) is 1. The summed E-state index contributed by atoms with van der Waals surface area (Å²) in [5.41, 5.74) is 3.23. The standard InChI is InChI=1S/C20H19N3O3S/c1-14-5-3-4-6-17(14)23-12-11-21-20(23)27-13-18(24)22-16-9-7-15(8-10-16)19(25)26-2/h3-12H,13H2,1-2H3,(H,22,24). The first-order valence-electron chi connectivity index (χ1n) is 8.29. The van der Waals surface area contributed by atoms with Crippen LogP contribution in [0.15, 0.2) is 66.1 Å². The van der Waals surface area contributed by atoms with Crippen molar-refractivity contribution in [2.24, 2.45) is 0 Å². The van der Waals surface area contributed by atoms with E-state index in [1.165, 1.54) is 18.9 Å². The maximum absolute atomic E-state index is 12.2. The molecule has 0 aliphatic carbocycles. The molecule has 0 fully saturated rings. The van der Waals surface area contributed by atoms with Crippen LogP contribution in [0.4, 0.5) is 5.69 Å². The molecule has 1 heterocycles. The molecular weight excluding hydrogens is 362 g/mol. The number of para-hydroxylation sites is 1. The minimum absolute atomic E-state index is 0.148. The van der Waals surface area contributed by atoms with E-state index in [-0.39, 0.29) is 11.7 Å². The molecule has 0 atom stereocenters. The number of benzene rings is 2. The molecule has 27 heavy (non-hydrogen) atoms. The van der Waals surface area contributed by atoms with Gasteiger partial charge in [0.25, 0.3) is 0 Å². The molecule has 1 aromatic heterocycles. The van der Waals surface area contributed by atoms with Gasteiger partial charge in [-0.3, -0.25) is 9.36 Å². The molecular formula is C20H19N3O3S. The van der Waals surface area contributed by atoms with Crippen LogP contribution in [0.1, 0.15) is 15.9 Å². The molecule has 0 aliphatic heterocycles. The fraction of sp³-hybridized carbons (Fsp3) is 0.150. The number of thioether (sulfide) groups is 1. The molecule has 0 spiro atoms. The van der Waals surface area contributed by atoms with E-state index in [9.17, 15) is 9.59 Å². The van der Waals surface area contributed by atoms with Gasteiger partial charge in [0, 0.05) is 18.1 Å². The molecule has 6 nitrogen and oxygen atoms in total. The summed E-state index contributed by atoms with van der Waals surface area (Å²) in [6.45, 7) is 2.04. The van der Waals surface area contributed by atoms with Gasteiger partial charge in [0.15, 0.2) is 5.16 Å². The predicted octanol–water partition coefficient (Wildman–Crippen LogP) is 3.70. The number of esters is 1. The molecule has 0 saturated heterocycles. The zero-order valence-electron chi connectivity index (χ0n) is 15.0. The number of amides is 1. The van der Waals surface area contributed by atoms with Crippen LogP contribution in [0, 0.1) is 6.92 Å². The first-order valence-corrected chi connectivity index (χ1v) is 9.27. The highest BCUT2D eigenvalue weighted by Gasteiger charge is 2.11. The molecule has 7 heteroatoms. The van der Waals surface area contributed by atoms with Gasteiger partial charge in [-0.2, -0.15) is 0 Å². The summed E-state index contributed by atoms with van der Waals surface area (Å²) in [7, 11) is 1.33. The van der Waals surface area contributed by atoms with E-state index in [2.05, 4.69) is 15.0 Å². The van der Waals surface area contributed by atoms with E-state index in [1.54, 1.807) is 30.5 Å². The number of rotatable bonds is 6. The van der Waals surface area contributed by atoms with Crippen molar-refractivity contribution in [3.63, 3.8) is 0 Å². The number of nitrogens with zero attached hydrogens (tertiary/aromatic N) is 2. The summed E-state index contributed by atoms with van der Waals surface area (Å²) in [5, 5.41) is 3.56. The lowest BCUT2D eigenvalue weighted by Gasteiger charge is -2.10. The Kier molecular flexibility index (Phi) is 5.93. The molecule has 0 saturated carbocycles. The number of hydrogen-bond acceptors (Lipinski definition) is 5.